The summed E-state index contributed by atoms with van der Waals surface area (Å²) in [5, 5.41) is 6.65. The van der Waals surface area contributed by atoms with Crippen molar-refractivity contribution in [2.75, 3.05) is 30.9 Å². The third-order valence-electron chi connectivity index (χ3n) is 5.82. The Kier molecular flexibility index (Phi) is 6.69. The van der Waals surface area contributed by atoms with E-state index >= 15 is 0 Å². The van der Waals surface area contributed by atoms with Crippen molar-refractivity contribution in [2.45, 2.75) is 63.8 Å². The van der Waals surface area contributed by atoms with Crippen LogP contribution in [0.25, 0.3) is 0 Å². The molecule has 1 heterocycles. The molecule has 1 aromatic rings. The van der Waals surface area contributed by atoms with E-state index in [0.29, 0.717) is 23.8 Å². The van der Waals surface area contributed by atoms with Crippen LogP contribution in [0.2, 0.25) is 0 Å². The highest BCUT2D eigenvalue weighted by atomic mass is 16.1. The molecule has 2 fully saturated rings. The van der Waals surface area contributed by atoms with Gasteiger partial charge in [0, 0.05) is 39.3 Å². The second-order valence-electron chi connectivity index (χ2n) is 8.15. The maximum absolute atomic E-state index is 12.1. The Balaban J connectivity index is 1.36. The Bertz CT molecular complexity index is 577. The minimum atomic E-state index is 0.256. The van der Waals surface area contributed by atoms with E-state index in [0.717, 1.165) is 44.5 Å². The number of hydrogen-bond acceptors (Lipinski definition) is 5. The molecule has 0 radical (unpaired) electrons. The van der Waals surface area contributed by atoms with Crippen LogP contribution in [-0.2, 0) is 4.79 Å². The van der Waals surface area contributed by atoms with E-state index in [1.54, 1.807) is 6.20 Å². The SMILES string of the molecule is CN(C)c1ccnc(NC2CCC(CNC(=O)CC3CCCC3)CC2)n1. The van der Waals surface area contributed by atoms with Gasteiger partial charge in [0.1, 0.15) is 5.82 Å². The van der Waals surface area contributed by atoms with Crippen LogP contribution in [0.1, 0.15) is 57.8 Å². The molecule has 144 valence electrons. The van der Waals surface area contributed by atoms with Crippen LogP contribution in [0.4, 0.5) is 11.8 Å². The smallest absolute Gasteiger partial charge is 0.224 e. The van der Waals surface area contributed by atoms with E-state index in [1.165, 1.54) is 25.7 Å². The fourth-order valence-electron chi connectivity index (χ4n) is 4.17. The largest absolute Gasteiger partial charge is 0.363 e. The monoisotopic (exact) mass is 359 g/mol. The van der Waals surface area contributed by atoms with Crippen LogP contribution in [0.3, 0.4) is 0 Å². The molecule has 0 atom stereocenters. The molecule has 2 aliphatic rings. The Morgan fingerprint density at radius 2 is 1.85 bits per heavy atom. The topological polar surface area (TPSA) is 70.2 Å². The van der Waals surface area contributed by atoms with Crippen LogP contribution < -0.4 is 15.5 Å². The number of carbonyl (C=O) groups is 1. The Labute approximate surface area is 157 Å². The van der Waals surface area contributed by atoms with Gasteiger partial charge in [0.15, 0.2) is 0 Å². The zero-order valence-corrected chi connectivity index (χ0v) is 16.2. The number of hydrogen-bond donors (Lipinski definition) is 2. The number of nitrogens with zero attached hydrogens (tertiary/aromatic N) is 3. The van der Waals surface area contributed by atoms with Crippen molar-refractivity contribution in [1.82, 2.24) is 15.3 Å². The van der Waals surface area contributed by atoms with Gasteiger partial charge < -0.3 is 15.5 Å². The van der Waals surface area contributed by atoms with Gasteiger partial charge in [-0.05, 0) is 56.4 Å². The zero-order valence-electron chi connectivity index (χ0n) is 16.2. The normalized spacial score (nSPS) is 23.6. The summed E-state index contributed by atoms with van der Waals surface area (Å²) in [6.07, 6.45) is 12.1. The predicted molar refractivity (Wildman–Crippen MR) is 105 cm³/mol. The molecule has 0 aromatic carbocycles. The first-order valence-electron chi connectivity index (χ1n) is 10.1. The summed E-state index contributed by atoms with van der Waals surface area (Å²) in [5.74, 6) is 3.12. The standard InChI is InChI=1S/C20H33N5O/c1-25(2)18-11-12-21-20(24-18)23-17-9-7-16(8-10-17)14-22-19(26)13-15-5-3-4-6-15/h11-12,15-17H,3-10,13-14H2,1-2H3,(H,22,26)(H,21,23,24). The molecule has 6 heteroatoms. The molecular weight excluding hydrogens is 326 g/mol. The molecule has 0 saturated heterocycles. The molecule has 1 amide bonds. The highest BCUT2D eigenvalue weighted by molar-refractivity contribution is 5.76. The fourth-order valence-corrected chi connectivity index (χ4v) is 4.17. The van der Waals surface area contributed by atoms with Gasteiger partial charge in [-0.3, -0.25) is 4.79 Å². The van der Waals surface area contributed by atoms with E-state index in [2.05, 4.69) is 20.6 Å². The lowest BCUT2D eigenvalue weighted by atomic mass is 9.86. The summed E-state index contributed by atoms with van der Waals surface area (Å²) >= 11 is 0. The molecule has 6 nitrogen and oxygen atoms in total. The quantitative estimate of drug-likeness (QED) is 0.782. The molecule has 2 N–H and O–H groups in total. The summed E-state index contributed by atoms with van der Waals surface area (Å²) in [7, 11) is 3.97. The van der Waals surface area contributed by atoms with E-state index < -0.39 is 0 Å². The van der Waals surface area contributed by atoms with Crippen LogP contribution >= 0.6 is 0 Å². The molecule has 26 heavy (non-hydrogen) atoms. The predicted octanol–water partition coefficient (Wildman–Crippen LogP) is 3.21. The number of aromatic nitrogens is 2. The molecule has 0 spiro atoms. The maximum Gasteiger partial charge on any atom is 0.224 e. The molecule has 2 aliphatic carbocycles. The minimum Gasteiger partial charge on any atom is -0.363 e. The van der Waals surface area contributed by atoms with Crippen molar-refractivity contribution in [3.05, 3.63) is 12.3 Å². The number of carbonyl (C=O) groups excluding carboxylic acids is 1. The number of nitrogens with one attached hydrogen (secondary N) is 2. The first kappa shape index (κ1) is 18.9. The van der Waals surface area contributed by atoms with Crippen molar-refractivity contribution < 1.29 is 4.79 Å². The van der Waals surface area contributed by atoms with Gasteiger partial charge >= 0.3 is 0 Å². The highest BCUT2D eigenvalue weighted by Crippen LogP contribution is 2.28. The summed E-state index contributed by atoms with van der Waals surface area (Å²) in [6.45, 7) is 0.838. The van der Waals surface area contributed by atoms with Gasteiger partial charge in [0.2, 0.25) is 11.9 Å². The van der Waals surface area contributed by atoms with E-state index in [1.807, 2.05) is 25.1 Å². The van der Waals surface area contributed by atoms with Crippen LogP contribution in [0.5, 0.6) is 0 Å². The summed E-state index contributed by atoms with van der Waals surface area (Å²) in [5.41, 5.74) is 0. The molecule has 2 saturated carbocycles. The summed E-state index contributed by atoms with van der Waals surface area (Å²) < 4.78 is 0. The first-order chi connectivity index (χ1) is 12.6. The van der Waals surface area contributed by atoms with Gasteiger partial charge in [0.25, 0.3) is 0 Å². The van der Waals surface area contributed by atoms with E-state index in [9.17, 15) is 4.79 Å². The Morgan fingerprint density at radius 1 is 1.12 bits per heavy atom. The zero-order chi connectivity index (χ0) is 18.4. The lowest BCUT2D eigenvalue weighted by Gasteiger charge is -2.29. The lowest BCUT2D eigenvalue weighted by molar-refractivity contribution is -0.122. The van der Waals surface area contributed by atoms with Gasteiger partial charge in [-0.2, -0.15) is 4.98 Å². The molecular formula is C20H33N5O. The Hall–Kier alpha value is -1.85. The van der Waals surface area contributed by atoms with Gasteiger partial charge in [-0.25, -0.2) is 4.98 Å². The average molecular weight is 360 g/mol. The van der Waals surface area contributed by atoms with Crippen molar-refractivity contribution in [3.63, 3.8) is 0 Å². The van der Waals surface area contributed by atoms with Crippen LogP contribution in [-0.4, -0.2) is 42.6 Å². The van der Waals surface area contributed by atoms with Crippen molar-refractivity contribution in [1.29, 1.82) is 0 Å². The van der Waals surface area contributed by atoms with Gasteiger partial charge in [-0.15, -0.1) is 0 Å². The van der Waals surface area contributed by atoms with Gasteiger partial charge in [0.05, 0.1) is 0 Å². The third-order valence-corrected chi connectivity index (χ3v) is 5.82. The third kappa shape index (κ3) is 5.58. The second-order valence-corrected chi connectivity index (χ2v) is 8.15. The summed E-state index contributed by atoms with van der Waals surface area (Å²) in [6, 6.07) is 2.34. The molecule has 1 aromatic heterocycles. The lowest BCUT2D eigenvalue weighted by Crippen LogP contribution is -2.34. The van der Waals surface area contributed by atoms with Gasteiger partial charge in [-0.1, -0.05) is 12.8 Å². The van der Waals surface area contributed by atoms with Crippen molar-refractivity contribution in [3.8, 4) is 0 Å². The number of rotatable bonds is 7. The summed E-state index contributed by atoms with van der Waals surface area (Å²) in [4.78, 5) is 23.0. The van der Waals surface area contributed by atoms with Crippen LogP contribution in [0, 0.1) is 11.8 Å². The fraction of sp³-hybridized carbons (Fsp3) is 0.750. The maximum atomic E-state index is 12.1. The average Bonchev–Trinajstić information content (AvgIpc) is 3.14. The van der Waals surface area contributed by atoms with Crippen molar-refractivity contribution >= 4 is 17.7 Å². The molecule has 3 rings (SSSR count). The first-order valence-corrected chi connectivity index (χ1v) is 10.1. The second kappa shape index (κ2) is 9.19. The molecule has 0 bridgehead atoms. The minimum absolute atomic E-state index is 0.256. The van der Waals surface area contributed by atoms with Crippen molar-refractivity contribution in [2.24, 2.45) is 11.8 Å². The Morgan fingerprint density at radius 3 is 2.54 bits per heavy atom. The van der Waals surface area contributed by atoms with Crippen LogP contribution in [0.15, 0.2) is 12.3 Å². The van der Waals surface area contributed by atoms with E-state index in [-0.39, 0.29) is 5.91 Å². The number of anilines is 2. The highest BCUT2D eigenvalue weighted by Gasteiger charge is 2.23. The molecule has 0 unspecified atom stereocenters. The number of amides is 1. The molecule has 0 aliphatic heterocycles. The van der Waals surface area contributed by atoms with E-state index in [4.69, 9.17) is 0 Å².